The Morgan fingerprint density at radius 2 is 1.87 bits per heavy atom. The van der Waals surface area contributed by atoms with Gasteiger partial charge in [0.1, 0.15) is 29.4 Å². The van der Waals surface area contributed by atoms with Crippen molar-refractivity contribution in [2.45, 2.75) is 57.9 Å². The Labute approximate surface area is 254 Å². The third-order valence-electron chi connectivity index (χ3n) is 7.99. The van der Waals surface area contributed by atoms with E-state index < -0.39 is 23.6 Å². The highest BCUT2D eigenvalue weighted by Crippen LogP contribution is 2.43. The largest absolute Gasteiger partial charge is 0.433 e. The van der Waals surface area contributed by atoms with Crippen LogP contribution in [-0.2, 0) is 19.3 Å². The summed E-state index contributed by atoms with van der Waals surface area (Å²) in [6.07, 6.45) is 1.65. The van der Waals surface area contributed by atoms with Crippen molar-refractivity contribution in [1.29, 1.82) is 0 Å². The molecule has 5 heterocycles. The highest BCUT2D eigenvalue weighted by atomic mass is 19.4. The fourth-order valence-electron chi connectivity index (χ4n) is 5.59. The number of anilines is 2. The van der Waals surface area contributed by atoms with E-state index in [1.807, 2.05) is 23.0 Å². The molecule has 14 heteroatoms. The van der Waals surface area contributed by atoms with Gasteiger partial charge in [-0.25, -0.2) is 14.4 Å². The van der Waals surface area contributed by atoms with E-state index in [9.17, 15) is 18.0 Å². The lowest BCUT2D eigenvalue weighted by Gasteiger charge is -2.24. The lowest BCUT2D eigenvalue weighted by Crippen LogP contribution is -2.23. The van der Waals surface area contributed by atoms with E-state index in [1.165, 1.54) is 18.2 Å². The number of halogens is 4. The van der Waals surface area contributed by atoms with Crippen molar-refractivity contribution in [2.24, 2.45) is 0 Å². The molecular weight excluding hydrogens is 590 g/mol. The van der Waals surface area contributed by atoms with E-state index in [0.717, 1.165) is 36.5 Å². The topological polar surface area (TPSA) is 107 Å². The summed E-state index contributed by atoms with van der Waals surface area (Å²) in [7, 11) is 0. The average molecular weight is 618 g/mol. The second-order valence-electron chi connectivity index (χ2n) is 11.5. The number of alkyl halides is 3. The number of fused-ring (bicyclic) bond motifs is 3. The number of benzene rings is 1. The van der Waals surface area contributed by atoms with Crippen LogP contribution in [0.3, 0.4) is 0 Å². The van der Waals surface area contributed by atoms with Gasteiger partial charge >= 0.3 is 6.18 Å². The number of imidazole rings is 1. The smallest absolute Gasteiger partial charge is 0.361 e. The number of nitrogens with one attached hydrogen (secondary N) is 1. The number of aromatic nitrogens is 7. The molecular formula is C31H27F4N9O. The van der Waals surface area contributed by atoms with Gasteiger partial charge in [0.15, 0.2) is 5.82 Å². The summed E-state index contributed by atoms with van der Waals surface area (Å²) in [5.41, 5.74) is 2.20. The zero-order valence-electron chi connectivity index (χ0n) is 24.3. The summed E-state index contributed by atoms with van der Waals surface area (Å²) in [5.74, 6) is -0.514. The lowest BCUT2D eigenvalue weighted by molar-refractivity contribution is -0.141. The van der Waals surface area contributed by atoms with Crippen molar-refractivity contribution in [3.05, 3.63) is 95.3 Å². The average Bonchev–Trinajstić information content (AvgIpc) is 3.61. The Morgan fingerprint density at radius 1 is 1.04 bits per heavy atom. The van der Waals surface area contributed by atoms with Crippen LogP contribution in [0.1, 0.15) is 71.7 Å². The van der Waals surface area contributed by atoms with E-state index in [4.69, 9.17) is 0 Å². The number of carbonyl (C=O) groups is 1. The molecule has 0 atom stereocenters. The molecule has 0 unspecified atom stereocenters. The van der Waals surface area contributed by atoms with Crippen molar-refractivity contribution >= 4 is 17.4 Å². The molecule has 45 heavy (non-hydrogen) atoms. The van der Waals surface area contributed by atoms with Gasteiger partial charge in [0, 0.05) is 30.4 Å². The van der Waals surface area contributed by atoms with Crippen LogP contribution in [0.5, 0.6) is 0 Å². The normalized spacial score (nSPS) is 14.7. The molecule has 0 saturated heterocycles. The van der Waals surface area contributed by atoms with E-state index in [0.29, 0.717) is 28.5 Å². The Kier molecular flexibility index (Phi) is 6.86. The molecule has 1 aromatic carbocycles. The van der Waals surface area contributed by atoms with Gasteiger partial charge in [0.25, 0.3) is 5.91 Å². The van der Waals surface area contributed by atoms with Crippen LogP contribution in [-0.4, -0.2) is 40.2 Å². The summed E-state index contributed by atoms with van der Waals surface area (Å²) in [5, 5.41) is 10.8. The van der Waals surface area contributed by atoms with Crippen molar-refractivity contribution in [1.82, 2.24) is 34.3 Å². The number of hydrogen-bond acceptors (Lipinski definition) is 7. The van der Waals surface area contributed by atoms with Crippen molar-refractivity contribution in [3.8, 4) is 17.2 Å². The van der Waals surface area contributed by atoms with E-state index in [-0.39, 0.29) is 36.4 Å². The third-order valence-corrected chi connectivity index (χ3v) is 7.99. The van der Waals surface area contributed by atoms with Gasteiger partial charge in [-0.3, -0.25) is 9.78 Å². The lowest BCUT2D eigenvalue weighted by atomic mass is 10.1. The molecule has 0 radical (unpaired) electrons. The van der Waals surface area contributed by atoms with Crippen LogP contribution in [0.4, 0.5) is 29.1 Å². The highest BCUT2D eigenvalue weighted by molar-refractivity contribution is 6.04. The number of rotatable bonds is 6. The maximum absolute atomic E-state index is 15.7. The Hall–Kier alpha value is -5.14. The molecule has 1 saturated carbocycles. The molecule has 230 valence electrons. The molecule has 7 rings (SSSR count). The third kappa shape index (κ3) is 5.40. The SMILES string of the molecule is CC(C)n1cnnc1-c1cccc(NC(=O)c2cc3c(cc2F)CN(c2ccnc(C(F)(F)F)c2)Cc2c(C4CC4)ncn2-3)n1. The molecule has 1 N–H and O–H groups in total. The van der Waals surface area contributed by atoms with Crippen LogP contribution in [0.25, 0.3) is 17.2 Å². The predicted octanol–water partition coefficient (Wildman–Crippen LogP) is 6.31. The summed E-state index contributed by atoms with van der Waals surface area (Å²) < 4.78 is 59.8. The van der Waals surface area contributed by atoms with Crippen LogP contribution >= 0.6 is 0 Å². The van der Waals surface area contributed by atoms with E-state index in [1.54, 1.807) is 35.8 Å². The molecule has 10 nitrogen and oxygen atoms in total. The molecule has 0 spiro atoms. The molecule has 4 aromatic heterocycles. The minimum absolute atomic E-state index is 0.0818. The highest BCUT2D eigenvalue weighted by Gasteiger charge is 2.35. The van der Waals surface area contributed by atoms with Crippen LogP contribution < -0.4 is 10.2 Å². The molecule has 1 fully saturated rings. The first-order valence-corrected chi connectivity index (χ1v) is 14.4. The maximum Gasteiger partial charge on any atom is 0.433 e. The first kappa shape index (κ1) is 28.6. The Balaban J connectivity index is 1.24. The standard InChI is InChI=1S/C31H27F4N9O/c1-17(2)43-16-38-41-29(43)23-4-3-5-27(39-23)40-30(45)21-12-24-19(10-22(21)32)13-42(20-8-9-36-26(11-20)31(33,34)35)14-25-28(18-6-7-18)37-15-44(24)25/h3-5,8-12,15-18H,6-7,13-14H2,1-2H3,(H,39,40,45). The zero-order valence-corrected chi connectivity index (χ0v) is 24.3. The molecule has 0 bridgehead atoms. The summed E-state index contributed by atoms with van der Waals surface area (Å²) in [6.45, 7) is 4.30. The van der Waals surface area contributed by atoms with Crippen LogP contribution in [0.2, 0.25) is 0 Å². The van der Waals surface area contributed by atoms with E-state index >= 15 is 4.39 Å². The van der Waals surface area contributed by atoms with Crippen LogP contribution in [0.15, 0.2) is 61.3 Å². The number of hydrogen-bond donors (Lipinski definition) is 1. The number of nitrogens with zero attached hydrogens (tertiary/aromatic N) is 8. The van der Waals surface area contributed by atoms with E-state index in [2.05, 4.69) is 30.5 Å². The van der Waals surface area contributed by atoms with Gasteiger partial charge in [-0.2, -0.15) is 13.2 Å². The van der Waals surface area contributed by atoms with Gasteiger partial charge < -0.3 is 19.4 Å². The summed E-state index contributed by atoms with van der Waals surface area (Å²) in [6, 6.07) is 10.3. The summed E-state index contributed by atoms with van der Waals surface area (Å²) in [4.78, 5) is 27.8. The summed E-state index contributed by atoms with van der Waals surface area (Å²) >= 11 is 0. The van der Waals surface area contributed by atoms with Gasteiger partial charge in [-0.05, 0) is 68.7 Å². The molecule has 2 aliphatic rings. The fraction of sp³-hybridized carbons (Fsp3) is 0.290. The second-order valence-corrected chi connectivity index (χ2v) is 11.5. The number of carbonyl (C=O) groups excluding carboxylic acids is 1. The molecule has 1 aliphatic carbocycles. The predicted molar refractivity (Wildman–Crippen MR) is 156 cm³/mol. The molecule has 1 amide bonds. The first-order valence-electron chi connectivity index (χ1n) is 14.4. The number of pyridine rings is 2. The van der Waals surface area contributed by atoms with Gasteiger partial charge in [-0.15, -0.1) is 10.2 Å². The minimum atomic E-state index is -4.62. The van der Waals surface area contributed by atoms with Gasteiger partial charge in [-0.1, -0.05) is 6.07 Å². The first-order chi connectivity index (χ1) is 21.6. The van der Waals surface area contributed by atoms with Gasteiger partial charge in [0.2, 0.25) is 0 Å². The van der Waals surface area contributed by atoms with Crippen molar-refractivity contribution < 1.29 is 22.4 Å². The monoisotopic (exact) mass is 617 g/mol. The Bertz CT molecular complexity index is 1930. The molecule has 5 aromatic rings. The number of amides is 1. The fourth-order valence-corrected chi connectivity index (χ4v) is 5.59. The van der Waals surface area contributed by atoms with Crippen molar-refractivity contribution in [3.63, 3.8) is 0 Å². The van der Waals surface area contributed by atoms with Crippen molar-refractivity contribution in [2.75, 3.05) is 10.2 Å². The van der Waals surface area contributed by atoms with Crippen LogP contribution in [0, 0.1) is 5.82 Å². The molecule has 1 aliphatic heterocycles. The minimum Gasteiger partial charge on any atom is -0.361 e. The van der Waals surface area contributed by atoms with Gasteiger partial charge in [0.05, 0.1) is 35.5 Å². The zero-order chi connectivity index (χ0) is 31.5. The quantitative estimate of drug-likeness (QED) is 0.223. The Morgan fingerprint density at radius 3 is 2.62 bits per heavy atom. The second kappa shape index (κ2) is 10.8. The maximum atomic E-state index is 15.7.